The van der Waals surface area contributed by atoms with E-state index in [1.807, 2.05) is 0 Å². The van der Waals surface area contributed by atoms with E-state index in [1.165, 1.54) is 12.3 Å². The minimum absolute atomic E-state index is 0.281. The third-order valence-electron chi connectivity index (χ3n) is 2.25. The number of benzene rings is 1. The van der Waals surface area contributed by atoms with Gasteiger partial charge in [-0.1, -0.05) is 6.07 Å². The highest BCUT2D eigenvalue weighted by Crippen LogP contribution is 2.32. The number of aromatic amines is 1. The van der Waals surface area contributed by atoms with E-state index in [4.69, 9.17) is 0 Å². The maximum Gasteiger partial charge on any atom is 0.419 e. The number of halogens is 4. The van der Waals surface area contributed by atoms with Gasteiger partial charge < -0.3 is 4.98 Å². The van der Waals surface area contributed by atoms with Gasteiger partial charge in [-0.25, -0.2) is 9.37 Å². The van der Waals surface area contributed by atoms with Crippen LogP contribution in [0.25, 0.3) is 11.4 Å². The molecule has 1 aromatic carbocycles. The van der Waals surface area contributed by atoms with Crippen LogP contribution in [0.5, 0.6) is 0 Å². The van der Waals surface area contributed by atoms with Crippen LogP contribution in [0.1, 0.15) is 11.3 Å². The van der Waals surface area contributed by atoms with Crippen molar-refractivity contribution in [2.24, 2.45) is 0 Å². The molecule has 90 valence electrons. The Balaban J connectivity index is 2.44. The van der Waals surface area contributed by atoms with Gasteiger partial charge in [-0.15, -0.1) is 0 Å². The fraction of sp³-hybridized carbons (Fsp3) is 0.182. The molecule has 0 fully saturated rings. The molecule has 0 aliphatic heterocycles. The van der Waals surface area contributed by atoms with Crippen LogP contribution in [0.15, 0.2) is 24.4 Å². The second-order valence-corrected chi connectivity index (χ2v) is 3.61. The van der Waals surface area contributed by atoms with E-state index in [0.717, 1.165) is 11.8 Å². The lowest BCUT2D eigenvalue weighted by Crippen LogP contribution is -2.07. The average molecular weight is 244 g/mol. The molecule has 6 heteroatoms. The number of nitrogens with zero attached hydrogens (tertiary/aromatic N) is 1. The summed E-state index contributed by atoms with van der Waals surface area (Å²) in [6.07, 6.45) is -3.16. The summed E-state index contributed by atoms with van der Waals surface area (Å²) in [5, 5.41) is 0. The third kappa shape index (κ3) is 2.30. The Morgan fingerprint density at radius 3 is 2.41 bits per heavy atom. The maximum atomic E-state index is 13.3. The van der Waals surface area contributed by atoms with Gasteiger partial charge in [0.25, 0.3) is 0 Å². The van der Waals surface area contributed by atoms with E-state index >= 15 is 0 Å². The van der Waals surface area contributed by atoms with Crippen molar-refractivity contribution in [1.29, 1.82) is 0 Å². The zero-order valence-electron chi connectivity index (χ0n) is 8.77. The Bertz CT molecular complexity index is 543. The van der Waals surface area contributed by atoms with Crippen LogP contribution < -0.4 is 0 Å². The van der Waals surface area contributed by atoms with Crippen molar-refractivity contribution in [3.63, 3.8) is 0 Å². The van der Waals surface area contributed by atoms with Crippen LogP contribution in [0, 0.1) is 12.7 Å². The first-order valence-electron chi connectivity index (χ1n) is 4.76. The van der Waals surface area contributed by atoms with Gasteiger partial charge in [0.1, 0.15) is 11.6 Å². The minimum atomic E-state index is -4.68. The predicted octanol–water partition coefficient (Wildman–Crippen LogP) is 3.54. The molecule has 1 heterocycles. The van der Waals surface area contributed by atoms with Crippen molar-refractivity contribution in [1.82, 2.24) is 9.97 Å². The molecule has 0 aliphatic rings. The molecular weight excluding hydrogens is 236 g/mol. The van der Waals surface area contributed by atoms with E-state index in [1.54, 1.807) is 6.92 Å². The number of aromatic nitrogens is 2. The van der Waals surface area contributed by atoms with Gasteiger partial charge >= 0.3 is 6.18 Å². The van der Waals surface area contributed by atoms with Gasteiger partial charge in [-0.05, 0) is 19.1 Å². The largest absolute Gasteiger partial charge is 0.419 e. The summed E-state index contributed by atoms with van der Waals surface area (Å²) in [7, 11) is 0. The van der Waals surface area contributed by atoms with E-state index in [0.29, 0.717) is 11.9 Å². The Morgan fingerprint density at radius 1 is 1.24 bits per heavy atom. The molecule has 0 radical (unpaired) electrons. The van der Waals surface area contributed by atoms with E-state index in [-0.39, 0.29) is 5.56 Å². The van der Waals surface area contributed by atoms with Gasteiger partial charge in [0.05, 0.1) is 5.56 Å². The van der Waals surface area contributed by atoms with Crippen LogP contribution in [0.4, 0.5) is 17.6 Å². The van der Waals surface area contributed by atoms with E-state index < -0.39 is 17.6 Å². The standard InChI is InChI=1S/C11H8F4N2/c1-6-5-16-10(17-6)7-2-3-8(9(12)4-7)11(13,14)15/h2-5H,1H3,(H,16,17). The summed E-state index contributed by atoms with van der Waals surface area (Å²) in [5.41, 5.74) is -0.242. The van der Waals surface area contributed by atoms with Crippen molar-refractivity contribution in [2.75, 3.05) is 0 Å². The van der Waals surface area contributed by atoms with Gasteiger partial charge in [-0.3, -0.25) is 0 Å². The molecule has 2 rings (SSSR count). The summed E-state index contributed by atoms with van der Waals surface area (Å²) < 4.78 is 50.2. The normalized spacial score (nSPS) is 11.8. The highest BCUT2D eigenvalue weighted by Gasteiger charge is 2.34. The fourth-order valence-corrected chi connectivity index (χ4v) is 1.45. The Hall–Kier alpha value is -1.85. The van der Waals surface area contributed by atoms with Crippen LogP contribution >= 0.6 is 0 Å². The van der Waals surface area contributed by atoms with Gasteiger partial charge in [0.2, 0.25) is 0 Å². The molecule has 0 aliphatic carbocycles. The molecule has 0 atom stereocenters. The highest BCUT2D eigenvalue weighted by molar-refractivity contribution is 5.56. The van der Waals surface area contributed by atoms with Crippen molar-refractivity contribution in [3.05, 3.63) is 41.5 Å². The van der Waals surface area contributed by atoms with Crippen molar-refractivity contribution < 1.29 is 17.6 Å². The number of alkyl halides is 3. The third-order valence-corrected chi connectivity index (χ3v) is 2.25. The zero-order chi connectivity index (χ0) is 12.6. The molecule has 0 spiro atoms. The number of nitrogens with one attached hydrogen (secondary N) is 1. The monoisotopic (exact) mass is 244 g/mol. The second kappa shape index (κ2) is 3.87. The first-order chi connectivity index (χ1) is 7.88. The summed E-state index contributed by atoms with van der Waals surface area (Å²) in [6.45, 7) is 1.75. The summed E-state index contributed by atoms with van der Waals surface area (Å²) in [4.78, 5) is 6.73. The first kappa shape index (κ1) is 11.6. The quantitative estimate of drug-likeness (QED) is 0.763. The molecule has 2 aromatic rings. The van der Waals surface area contributed by atoms with Crippen LogP contribution in [0.2, 0.25) is 0 Å². The first-order valence-corrected chi connectivity index (χ1v) is 4.76. The second-order valence-electron chi connectivity index (χ2n) is 3.61. The van der Waals surface area contributed by atoms with Gasteiger partial charge in [0.15, 0.2) is 0 Å². The summed E-state index contributed by atoms with van der Waals surface area (Å²) >= 11 is 0. The molecule has 0 saturated heterocycles. The fourth-order valence-electron chi connectivity index (χ4n) is 1.45. The smallest absolute Gasteiger partial charge is 0.342 e. The molecule has 2 nitrogen and oxygen atoms in total. The number of H-pyrrole nitrogens is 1. The van der Waals surface area contributed by atoms with Crippen molar-refractivity contribution in [3.8, 4) is 11.4 Å². The Kier molecular flexibility index (Phi) is 2.65. The number of rotatable bonds is 1. The minimum Gasteiger partial charge on any atom is -0.342 e. The van der Waals surface area contributed by atoms with Crippen LogP contribution in [-0.2, 0) is 6.18 Å². The van der Waals surface area contributed by atoms with E-state index in [9.17, 15) is 17.6 Å². The molecule has 1 N–H and O–H groups in total. The molecule has 0 bridgehead atoms. The van der Waals surface area contributed by atoms with Crippen molar-refractivity contribution in [2.45, 2.75) is 13.1 Å². The Morgan fingerprint density at radius 2 is 1.94 bits per heavy atom. The molecule has 0 unspecified atom stereocenters. The van der Waals surface area contributed by atoms with E-state index in [2.05, 4.69) is 9.97 Å². The highest BCUT2D eigenvalue weighted by atomic mass is 19.4. The number of hydrogen-bond donors (Lipinski definition) is 1. The Labute approximate surface area is 94.3 Å². The molecule has 17 heavy (non-hydrogen) atoms. The summed E-state index contributed by atoms with van der Waals surface area (Å²) in [6, 6.07) is 2.72. The number of hydrogen-bond acceptors (Lipinski definition) is 1. The van der Waals surface area contributed by atoms with Crippen LogP contribution in [-0.4, -0.2) is 9.97 Å². The van der Waals surface area contributed by atoms with Crippen LogP contribution in [0.3, 0.4) is 0 Å². The topological polar surface area (TPSA) is 28.7 Å². The zero-order valence-corrected chi connectivity index (χ0v) is 8.77. The number of aryl methyl sites for hydroxylation is 1. The average Bonchev–Trinajstić information content (AvgIpc) is 2.62. The summed E-state index contributed by atoms with van der Waals surface area (Å²) in [5.74, 6) is -0.959. The lowest BCUT2D eigenvalue weighted by molar-refractivity contribution is -0.139. The number of imidazole rings is 1. The predicted molar refractivity (Wildman–Crippen MR) is 53.7 cm³/mol. The lowest BCUT2D eigenvalue weighted by Gasteiger charge is -2.08. The molecule has 1 aromatic heterocycles. The SMILES string of the molecule is Cc1cnc(-c2ccc(C(F)(F)F)c(F)c2)[nH]1. The van der Waals surface area contributed by atoms with Gasteiger partial charge in [0, 0.05) is 17.5 Å². The molecule has 0 saturated carbocycles. The lowest BCUT2D eigenvalue weighted by atomic mass is 10.1. The van der Waals surface area contributed by atoms with Gasteiger partial charge in [-0.2, -0.15) is 13.2 Å². The molecular formula is C11H8F4N2. The maximum absolute atomic E-state index is 13.3. The molecule has 0 amide bonds. The van der Waals surface area contributed by atoms with Crippen molar-refractivity contribution >= 4 is 0 Å².